The highest BCUT2D eigenvalue weighted by atomic mass is 32.2. The number of ether oxygens (including phenoxy) is 3. The third kappa shape index (κ3) is 16.1. The molecule has 4 heterocycles. The highest BCUT2D eigenvalue weighted by molar-refractivity contribution is 8.13. The number of nitrogens with one attached hydrogen (secondary N) is 2. The van der Waals surface area contributed by atoms with E-state index in [4.69, 9.17) is 19.9 Å². The number of hydrogen-bond acceptors (Lipinski definition) is 27. The Bertz CT molecular complexity index is 2150. The molecule has 2 fully saturated rings. The van der Waals surface area contributed by atoms with E-state index in [-0.39, 0.29) is 48.7 Å². The lowest BCUT2D eigenvalue weighted by atomic mass is 9.87. The van der Waals surface area contributed by atoms with Gasteiger partial charge in [0.2, 0.25) is 11.8 Å². The van der Waals surface area contributed by atoms with Gasteiger partial charge in [-0.1, -0.05) is 25.6 Å². The van der Waals surface area contributed by atoms with Crippen molar-refractivity contribution >= 4 is 74.9 Å². The topological polar surface area (TPSA) is 451 Å². The number of phosphoric acid groups is 3. The van der Waals surface area contributed by atoms with Gasteiger partial charge in [-0.2, -0.15) is 0 Å². The fourth-order valence-electron chi connectivity index (χ4n) is 5.95. The van der Waals surface area contributed by atoms with E-state index in [1.165, 1.54) is 6.92 Å². The third-order valence-electron chi connectivity index (χ3n) is 9.54. The van der Waals surface area contributed by atoms with Gasteiger partial charge in [-0.15, -0.1) is 0 Å². The molecule has 0 saturated carbocycles. The maximum atomic E-state index is 12.6. The van der Waals surface area contributed by atoms with E-state index in [0.717, 1.165) is 42.8 Å². The summed E-state index contributed by atoms with van der Waals surface area (Å²) >= 11 is 0.761. The SMILES string of the molecule is C[C@@H]1O[C@@H](O[C@H](C)C(=O)CC(=O)SCCNC(=O)CCNC(=O)[C@H](O)C(C)(C)COP(=O)([O-])OP(=O)([O-])OC[C@H]2O[C@@H](n3cnc4c(N)ncnc43)[C@H](O)[C@@H]2OP(=O)([O-])[O-])[C@H](O)C[C@H]1O. The highest BCUT2D eigenvalue weighted by Gasteiger charge is 2.47. The Hall–Kier alpha value is -2.93. The zero-order valence-electron chi connectivity index (χ0n) is 34.8. The van der Waals surface area contributed by atoms with E-state index < -0.39 is 133 Å². The predicted octanol–water partition coefficient (Wildman–Crippen LogP) is -4.64. The molecular weight excluding hydrogens is 959 g/mol. The van der Waals surface area contributed by atoms with Gasteiger partial charge >= 0.3 is 0 Å². The average molecular weight is 1010 g/mol. The van der Waals surface area contributed by atoms with Crippen LogP contribution in [0.2, 0.25) is 0 Å². The minimum Gasteiger partial charge on any atom is -0.790 e. The number of imidazole rings is 1. The molecule has 0 radical (unpaired) electrons. The van der Waals surface area contributed by atoms with Crippen molar-refractivity contribution in [3.05, 3.63) is 12.7 Å². The van der Waals surface area contributed by atoms with Crippen LogP contribution in [-0.2, 0) is 65.0 Å². The Morgan fingerprint density at radius 1 is 1.02 bits per heavy atom. The number of nitrogens with two attached hydrogens (primary N) is 1. The lowest BCUT2D eigenvalue weighted by Crippen LogP contribution is -2.48. The number of amides is 2. The van der Waals surface area contributed by atoms with Gasteiger partial charge in [0.05, 0.1) is 46.0 Å². The second-order valence-corrected chi connectivity index (χ2v) is 20.4. The zero-order valence-corrected chi connectivity index (χ0v) is 38.3. The molecule has 2 amide bonds. The average Bonchev–Trinajstić information content (AvgIpc) is 3.76. The number of anilines is 1. The van der Waals surface area contributed by atoms with Crippen molar-refractivity contribution < 1.29 is 105 Å². The summed E-state index contributed by atoms with van der Waals surface area (Å²) in [4.78, 5) is 109. The quantitative estimate of drug-likeness (QED) is 0.0295. The van der Waals surface area contributed by atoms with E-state index in [2.05, 4.69) is 43.5 Å². The molecule has 12 atom stereocenters. The second-order valence-electron chi connectivity index (χ2n) is 15.2. The lowest BCUT2D eigenvalue weighted by molar-refractivity contribution is -0.347. The zero-order chi connectivity index (χ0) is 48.7. The van der Waals surface area contributed by atoms with Gasteiger partial charge in [0.25, 0.3) is 15.6 Å². The van der Waals surface area contributed by atoms with Crippen molar-refractivity contribution in [2.24, 2.45) is 5.41 Å². The molecule has 65 heavy (non-hydrogen) atoms. The number of phosphoric ester groups is 3. The van der Waals surface area contributed by atoms with Gasteiger partial charge in [0, 0.05) is 37.1 Å². The van der Waals surface area contributed by atoms with Crippen LogP contribution < -0.4 is 35.9 Å². The van der Waals surface area contributed by atoms with Crippen LogP contribution >= 0.6 is 35.2 Å². The number of nitrogen functional groups attached to an aromatic ring is 1. The maximum absolute atomic E-state index is 12.6. The number of carbonyl (C=O) groups excluding carboxylic acids is 4. The second kappa shape index (κ2) is 22.9. The minimum atomic E-state index is -5.96. The molecule has 2 unspecified atom stereocenters. The van der Waals surface area contributed by atoms with Gasteiger partial charge in [-0.25, -0.2) is 19.3 Å². The summed E-state index contributed by atoms with van der Waals surface area (Å²) in [5, 5.41) is 45.4. The molecule has 2 aliphatic rings. The highest BCUT2D eigenvalue weighted by Crippen LogP contribution is 2.56. The van der Waals surface area contributed by atoms with E-state index in [1.807, 2.05) is 0 Å². The van der Waals surface area contributed by atoms with Gasteiger partial charge in [-0.05, 0) is 13.8 Å². The van der Waals surface area contributed by atoms with Crippen LogP contribution in [0, 0.1) is 5.41 Å². The lowest BCUT2D eigenvalue weighted by Gasteiger charge is -2.36. The Labute approximate surface area is 373 Å². The number of ketones is 1. The van der Waals surface area contributed by atoms with Gasteiger partial charge in [0.1, 0.15) is 48.5 Å². The van der Waals surface area contributed by atoms with E-state index in [9.17, 15) is 72.9 Å². The van der Waals surface area contributed by atoms with E-state index >= 15 is 0 Å². The van der Waals surface area contributed by atoms with Crippen LogP contribution in [0.4, 0.5) is 5.82 Å². The molecule has 0 aliphatic carbocycles. The van der Waals surface area contributed by atoms with Gasteiger partial charge < -0.3 is 88.7 Å². The summed E-state index contributed by atoms with van der Waals surface area (Å²) in [6, 6.07) is 0. The van der Waals surface area contributed by atoms with Crippen LogP contribution in [0.25, 0.3) is 11.2 Å². The van der Waals surface area contributed by atoms with Crippen molar-refractivity contribution in [2.75, 3.05) is 37.8 Å². The van der Waals surface area contributed by atoms with Crippen molar-refractivity contribution in [3.63, 3.8) is 0 Å². The number of hydrogen-bond donors (Lipinski definition) is 7. The molecule has 4 rings (SSSR count). The number of aliphatic hydroxyl groups excluding tert-OH is 4. The first-order chi connectivity index (χ1) is 30.1. The molecule has 368 valence electrons. The Morgan fingerprint density at radius 2 is 1.69 bits per heavy atom. The largest absolute Gasteiger partial charge is 0.790 e. The number of carbonyl (C=O) groups is 4. The number of nitrogens with zero attached hydrogens (tertiary/aromatic N) is 4. The molecule has 0 aromatic carbocycles. The van der Waals surface area contributed by atoms with Crippen LogP contribution in [0.1, 0.15) is 53.2 Å². The minimum absolute atomic E-state index is 0.00727. The van der Waals surface area contributed by atoms with E-state index in [0.29, 0.717) is 0 Å². The van der Waals surface area contributed by atoms with Crippen molar-refractivity contribution in [1.82, 2.24) is 30.2 Å². The first-order valence-corrected chi connectivity index (χ1v) is 24.6. The molecule has 0 spiro atoms. The van der Waals surface area contributed by atoms with Crippen LogP contribution in [0.3, 0.4) is 0 Å². The third-order valence-corrected chi connectivity index (χ3v) is 13.4. The summed E-state index contributed by atoms with van der Waals surface area (Å²) in [5.41, 5.74) is 3.98. The molecule has 29 nitrogen and oxygen atoms in total. The Balaban J connectivity index is 1.16. The summed E-state index contributed by atoms with van der Waals surface area (Å²) in [5.74, 6) is -2.25. The van der Waals surface area contributed by atoms with Crippen LogP contribution in [0.5, 0.6) is 0 Å². The predicted molar refractivity (Wildman–Crippen MR) is 209 cm³/mol. The molecule has 2 aromatic rings. The first-order valence-electron chi connectivity index (χ1n) is 19.3. The van der Waals surface area contributed by atoms with Crippen LogP contribution in [-0.4, -0.2) is 150 Å². The standard InChI is InChI=1S/C32H52N7O22P3S/c1-15-17(40)9-19(42)31(57-15)58-16(2)18(41)10-22(44)65-8-7-34-21(43)5-6-35-29(47)26(46)32(3,4)12-56-64(53,54)61-63(51,52)55-11-20-25(60-62(48,49)50)24(45)30(59-20)39-14-38-23-27(33)36-13-37-28(23)39/h13-17,19-20,24-26,30-31,40,42,45-46H,5-12H2,1-4H3,(H,34,43)(H,35,47)(H,51,52)(H,53,54)(H2,33,36,37)(H2,48,49,50)/p-4/t15-,16+,17+,19+,20+,24+,25+,26-,30+,31-/m0/s1. The number of fused-ring (bicyclic) bond motifs is 1. The molecule has 33 heteroatoms. The first kappa shape index (κ1) is 54.7. The summed E-state index contributed by atoms with van der Waals surface area (Å²) < 4.78 is 71.4. The van der Waals surface area contributed by atoms with E-state index in [1.54, 1.807) is 6.92 Å². The molecule has 2 saturated heterocycles. The Morgan fingerprint density at radius 3 is 2.37 bits per heavy atom. The van der Waals surface area contributed by atoms with Crippen molar-refractivity contribution in [3.8, 4) is 0 Å². The number of aliphatic hydroxyl groups is 4. The monoisotopic (exact) mass is 1010 g/mol. The smallest absolute Gasteiger partial charge is 0.274 e. The fourth-order valence-corrected chi connectivity index (χ4v) is 9.36. The fraction of sp³-hybridized carbons (Fsp3) is 0.719. The number of rotatable bonds is 24. The van der Waals surface area contributed by atoms with Crippen molar-refractivity contribution in [2.45, 2.75) is 108 Å². The van der Waals surface area contributed by atoms with Gasteiger partial charge in [-0.3, -0.25) is 32.9 Å². The van der Waals surface area contributed by atoms with Gasteiger partial charge in [0.15, 0.2) is 34.9 Å². The summed E-state index contributed by atoms with van der Waals surface area (Å²) in [6.45, 7) is 2.62. The number of aromatic nitrogens is 4. The van der Waals surface area contributed by atoms with Crippen molar-refractivity contribution in [1.29, 1.82) is 0 Å². The molecule has 2 aromatic heterocycles. The molecular formula is C32H48N7O22P3S-4. The molecule has 8 N–H and O–H groups in total. The summed E-state index contributed by atoms with van der Waals surface area (Å²) in [7, 11) is -17.7. The normalized spacial score (nSPS) is 26.8. The Kier molecular flexibility index (Phi) is 19.3. The molecule has 2 aliphatic heterocycles. The summed E-state index contributed by atoms with van der Waals surface area (Å²) in [6.07, 6.45) is -13.4. The molecule has 0 bridgehead atoms. The number of thioether (sulfide) groups is 1. The maximum Gasteiger partial charge on any atom is 0.274 e. The number of Topliss-reactive ketones (excluding diaryl/α,β-unsaturated/α-hetero) is 1. The van der Waals surface area contributed by atoms with Crippen LogP contribution in [0.15, 0.2) is 12.7 Å².